The molecule has 2 nitrogen and oxygen atoms in total. The Morgan fingerprint density at radius 2 is 2.35 bits per heavy atom. The van der Waals surface area contributed by atoms with Gasteiger partial charge in [0, 0.05) is 18.1 Å². The number of likely N-dealkylation sites (tertiary alicyclic amines) is 1. The number of nitrogens with one attached hydrogen (secondary N) is 1. The molecule has 1 heterocycles. The second-order valence-corrected chi connectivity index (χ2v) is 5.33. The van der Waals surface area contributed by atoms with Crippen LogP contribution in [0.5, 0.6) is 0 Å². The lowest BCUT2D eigenvalue weighted by Gasteiger charge is -2.15. The predicted octanol–water partition coefficient (Wildman–Crippen LogP) is 2.42. The molecule has 1 aliphatic heterocycles. The van der Waals surface area contributed by atoms with E-state index in [-0.39, 0.29) is 0 Å². The van der Waals surface area contributed by atoms with E-state index in [1.807, 2.05) is 19.2 Å². The molecule has 0 aromatic heterocycles. The van der Waals surface area contributed by atoms with E-state index in [4.69, 9.17) is 11.6 Å². The second-order valence-electron chi connectivity index (χ2n) is 4.89. The average molecular weight is 253 g/mol. The molecule has 94 valence electrons. The standard InChI is InChI=1S/C14H21ClN2/c1-16-10-13-6-8-17(11-13)7-5-12-3-2-4-14(15)9-12/h2-4,9,13,16H,5-8,10-11H2,1H3. The fourth-order valence-electron chi connectivity index (χ4n) is 2.55. The Labute approximate surface area is 109 Å². The molecule has 1 N–H and O–H groups in total. The molecule has 1 atom stereocenters. The summed E-state index contributed by atoms with van der Waals surface area (Å²) in [6.07, 6.45) is 2.43. The molecule has 2 rings (SSSR count). The summed E-state index contributed by atoms with van der Waals surface area (Å²) in [5, 5.41) is 4.11. The molecule has 0 aliphatic carbocycles. The SMILES string of the molecule is CNCC1CCN(CCc2cccc(Cl)c2)C1. The Kier molecular flexibility index (Phi) is 4.84. The molecule has 0 radical (unpaired) electrons. The van der Waals surface area contributed by atoms with Gasteiger partial charge in [-0.25, -0.2) is 0 Å². The summed E-state index contributed by atoms with van der Waals surface area (Å²) in [5.74, 6) is 0.833. The van der Waals surface area contributed by atoms with Crippen molar-refractivity contribution in [1.82, 2.24) is 10.2 Å². The maximum atomic E-state index is 5.98. The lowest BCUT2D eigenvalue weighted by molar-refractivity contribution is 0.327. The summed E-state index contributed by atoms with van der Waals surface area (Å²) >= 11 is 5.98. The van der Waals surface area contributed by atoms with Crippen LogP contribution >= 0.6 is 11.6 Å². The van der Waals surface area contributed by atoms with Crippen LogP contribution in [0.1, 0.15) is 12.0 Å². The largest absolute Gasteiger partial charge is 0.319 e. The van der Waals surface area contributed by atoms with Gasteiger partial charge in [-0.15, -0.1) is 0 Å². The third kappa shape index (κ3) is 3.98. The summed E-state index contributed by atoms with van der Waals surface area (Å²) in [4.78, 5) is 2.56. The minimum absolute atomic E-state index is 0.833. The van der Waals surface area contributed by atoms with Crippen molar-refractivity contribution in [3.05, 3.63) is 34.9 Å². The average Bonchev–Trinajstić information content (AvgIpc) is 2.75. The second kappa shape index (κ2) is 6.39. The van der Waals surface area contributed by atoms with Crippen LogP contribution in [0.3, 0.4) is 0 Å². The number of benzene rings is 1. The molecular formula is C14H21ClN2. The predicted molar refractivity (Wildman–Crippen MR) is 73.6 cm³/mol. The third-order valence-electron chi connectivity index (χ3n) is 3.47. The van der Waals surface area contributed by atoms with Crippen molar-refractivity contribution in [2.45, 2.75) is 12.8 Å². The van der Waals surface area contributed by atoms with Crippen LogP contribution in [0, 0.1) is 5.92 Å². The van der Waals surface area contributed by atoms with Crippen LogP contribution in [0.25, 0.3) is 0 Å². The third-order valence-corrected chi connectivity index (χ3v) is 3.70. The highest BCUT2D eigenvalue weighted by Gasteiger charge is 2.20. The van der Waals surface area contributed by atoms with Crippen LogP contribution in [0.15, 0.2) is 24.3 Å². The molecule has 1 unspecified atom stereocenters. The van der Waals surface area contributed by atoms with Gasteiger partial charge in [0.15, 0.2) is 0 Å². The van der Waals surface area contributed by atoms with Crippen molar-refractivity contribution >= 4 is 11.6 Å². The van der Waals surface area contributed by atoms with Gasteiger partial charge in [0.25, 0.3) is 0 Å². The van der Waals surface area contributed by atoms with E-state index in [0.29, 0.717) is 0 Å². The number of halogens is 1. The Hall–Kier alpha value is -0.570. The highest BCUT2D eigenvalue weighted by Crippen LogP contribution is 2.16. The van der Waals surface area contributed by atoms with Crippen LogP contribution in [-0.4, -0.2) is 38.1 Å². The molecule has 0 spiro atoms. The van der Waals surface area contributed by atoms with Gasteiger partial charge in [-0.05, 0) is 56.6 Å². The first kappa shape index (κ1) is 12.9. The first-order valence-corrected chi connectivity index (χ1v) is 6.77. The smallest absolute Gasteiger partial charge is 0.0408 e. The summed E-state index contributed by atoms with van der Waals surface area (Å²) in [6, 6.07) is 8.20. The number of rotatable bonds is 5. The van der Waals surface area contributed by atoms with E-state index in [2.05, 4.69) is 22.3 Å². The van der Waals surface area contributed by atoms with E-state index in [9.17, 15) is 0 Å². The quantitative estimate of drug-likeness (QED) is 0.866. The van der Waals surface area contributed by atoms with E-state index in [0.717, 1.165) is 30.5 Å². The van der Waals surface area contributed by atoms with Gasteiger partial charge in [0.1, 0.15) is 0 Å². The van der Waals surface area contributed by atoms with Crippen LogP contribution in [0.4, 0.5) is 0 Å². The minimum atomic E-state index is 0.833. The number of nitrogens with zero attached hydrogens (tertiary/aromatic N) is 1. The van der Waals surface area contributed by atoms with Crippen molar-refractivity contribution in [2.24, 2.45) is 5.92 Å². The van der Waals surface area contributed by atoms with Crippen molar-refractivity contribution in [2.75, 3.05) is 33.2 Å². The first-order chi connectivity index (χ1) is 8.28. The van der Waals surface area contributed by atoms with E-state index >= 15 is 0 Å². The van der Waals surface area contributed by atoms with Crippen LogP contribution in [0.2, 0.25) is 5.02 Å². The van der Waals surface area contributed by atoms with Gasteiger partial charge < -0.3 is 10.2 Å². The Balaban J connectivity index is 1.76. The van der Waals surface area contributed by atoms with Gasteiger partial charge >= 0.3 is 0 Å². The van der Waals surface area contributed by atoms with Crippen molar-refractivity contribution < 1.29 is 0 Å². The normalized spacial score (nSPS) is 20.9. The molecule has 1 fully saturated rings. The first-order valence-electron chi connectivity index (χ1n) is 6.39. The minimum Gasteiger partial charge on any atom is -0.319 e. The summed E-state index contributed by atoms with van der Waals surface area (Å²) in [6.45, 7) is 4.78. The van der Waals surface area contributed by atoms with Crippen LogP contribution < -0.4 is 5.32 Å². The number of hydrogen-bond acceptors (Lipinski definition) is 2. The highest BCUT2D eigenvalue weighted by molar-refractivity contribution is 6.30. The summed E-state index contributed by atoms with van der Waals surface area (Å²) in [5.41, 5.74) is 1.34. The maximum Gasteiger partial charge on any atom is 0.0408 e. The number of hydrogen-bond donors (Lipinski definition) is 1. The fourth-order valence-corrected chi connectivity index (χ4v) is 2.76. The molecule has 1 saturated heterocycles. The zero-order valence-corrected chi connectivity index (χ0v) is 11.2. The molecule has 0 saturated carbocycles. The molecule has 0 amide bonds. The molecule has 3 heteroatoms. The van der Waals surface area contributed by atoms with Gasteiger partial charge in [-0.2, -0.15) is 0 Å². The van der Waals surface area contributed by atoms with Gasteiger partial charge in [0.2, 0.25) is 0 Å². The summed E-state index contributed by atoms with van der Waals surface area (Å²) in [7, 11) is 2.04. The molecular weight excluding hydrogens is 232 g/mol. The van der Waals surface area contributed by atoms with E-state index in [1.165, 1.54) is 25.1 Å². The van der Waals surface area contributed by atoms with Gasteiger partial charge in [0.05, 0.1) is 0 Å². The Morgan fingerprint density at radius 3 is 3.12 bits per heavy atom. The van der Waals surface area contributed by atoms with Crippen molar-refractivity contribution in [3.63, 3.8) is 0 Å². The van der Waals surface area contributed by atoms with Gasteiger partial charge in [-0.1, -0.05) is 23.7 Å². The Bertz CT molecular complexity index is 354. The van der Waals surface area contributed by atoms with Crippen molar-refractivity contribution in [3.8, 4) is 0 Å². The van der Waals surface area contributed by atoms with E-state index in [1.54, 1.807) is 0 Å². The zero-order chi connectivity index (χ0) is 12.1. The molecule has 1 aromatic rings. The van der Waals surface area contributed by atoms with Gasteiger partial charge in [-0.3, -0.25) is 0 Å². The maximum absolute atomic E-state index is 5.98. The monoisotopic (exact) mass is 252 g/mol. The Morgan fingerprint density at radius 1 is 1.47 bits per heavy atom. The lowest BCUT2D eigenvalue weighted by atomic mass is 10.1. The molecule has 1 aliphatic rings. The van der Waals surface area contributed by atoms with Crippen LogP contribution in [-0.2, 0) is 6.42 Å². The van der Waals surface area contributed by atoms with Crippen molar-refractivity contribution in [1.29, 1.82) is 0 Å². The molecule has 1 aromatic carbocycles. The fraction of sp³-hybridized carbons (Fsp3) is 0.571. The van der Waals surface area contributed by atoms with E-state index < -0.39 is 0 Å². The topological polar surface area (TPSA) is 15.3 Å². The highest BCUT2D eigenvalue weighted by atomic mass is 35.5. The molecule has 17 heavy (non-hydrogen) atoms. The summed E-state index contributed by atoms with van der Waals surface area (Å²) < 4.78 is 0. The zero-order valence-electron chi connectivity index (χ0n) is 10.5. The lowest BCUT2D eigenvalue weighted by Crippen LogP contribution is -2.26. The molecule has 0 bridgehead atoms.